The summed E-state index contributed by atoms with van der Waals surface area (Å²) in [4.78, 5) is 230. The van der Waals surface area contributed by atoms with Crippen LogP contribution in [0.1, 0.15) is 253 Å². The number of unbranched alkanes of at least 4 members (excludes halogenated alkanes) is 5. The first kappa shape index (κ1) is 107. The van der Waals surface area contributed by atoms with Crippen molar-refractivity contribution in [1.82, 2.24) is 63.8 Å². The van der Waals surface area contributed by atoms with Crippen LogP contribution in [0.15, 0.2) is 30.3 Å². The van der Waals surface area contributed by atoms with Crippen molar-refractivity contribution < 1.29 is 111 Å². The largest absolute Gasteiger partial charge is 0.444 e. The van der Waals surface area contributed by atoms with Crippen molar-refractivity contribution in [3.05, 3.63) is 35.9 Å². The smallest absolute Gasteiger partial charge is 0.407 e. The zero-order chi connectivity index (χ0) is 91.9. The van der Waals surface area contributed by atoms with Crippen LogP contribution in [0.2, 0.25) is 0 Å². The number of ether oxygens (including phenoxy) is 5. The number of rotatable bonds is 37. The summed E-state index contributed by atoms with van der Waals surface area (Å²) in [6, 6.07) is -2.30. The van der Waals surface area contributed by atoms with Gasteiger partial charge >= 0.3 is 30.5 Å². The van der Waals surface area contributed by atoms with Crippen molar-refractivity contribution in [2.24, 2.45) is 35.3 Å². The number of nitrogens with two attached hydrogens (primary N) is 1. The lowest BCUT2D eigenvalue weighted by Crippen LogP contribution is -2.57. The van der Waals surface area contributed by atoms with Gasteiger partial charge in [-0.15, -0.1) is 0 Å². The van der Waals surface area contributed by atoms with Crippen LogP contribution < -0.4 is 69.5 Å². The average Bonchev–Trinajstić information content (AvgIpc) is 1.25. The summed E-state index contributed by atoms with van der Waals surface area (Å²) in [6.07, 6.45) is -7.79. The van der Waals surface area contributed by atoms with Gasteiger partial charge in [0.05, 0.1) is 48.2 Å². The minimum absolute atomic E-state index is 0.0827. The predicted octanol–water partition coefficient (Wildman–Crippen LogP) is 6.03. The first-order valence-corrected chi connectivity index (χ1v) is 42.3. The maximum absolute atomic E-state index is 15.5. The Morgan fingerprint density at radius 3 is 1.38 bits per heavy atom. The Bertz CT molecular complexity index is 3560. The number of hydrogen-bond donors (Lipinski definition) is 15. The monoisotopic (exact) mass is 1710 g/mol. The Balaban J connectivity index is 3.10. The van der Waals surface area contributed by atoms with Gasteiger partial charge in [0.15, 0.2) is 23.1 Å². The summed E-state index contributed by atoms with van der Waals surface area (Å²) in [5.41, 5.74) is 1.91. The highest BCUT2D eigenvalue weighted by atomic mass is 16.6. The van der Waals surface area contributed by atoms with Gasteiger partial charge in [-0.05, 0) is 181 Å². The Morgan fingerprint density at radius 1 is 0.479 bits per heavy atom. The number of carbonyl (C=O) groups excluding carboxylic acids is 16. The lowest BCUT2D eigenvalue weighted by atomic mass is 9.89. The summed E-state index contributed by atoms with van der Waals surface area (Å²) in [5.74, 6) is -17.1. The number of benzene rings is 1. The van der Waals surface area contributed by atoms with E-state index in [-0.39, 0.29) is 70.6 Å². The number of aliphatic hydroxyl groups excluding tert-OH is 2. The molecule has 1 heterocycles. The predicted molar refractivity (Wildman–Crippen MR) is 450 cm³/mol. The number of ketones is 4. The van der Waals surface area contributed by atoms with Crippen molar-refractivity contribution >= 4 is 94.9 Å². The average molecular weight is 1720 g/mol. The van der Waals surface area contributed by atoms with Gasteiger partial charge in [0.2, 0.25) is 41.4 Å². The van der Waals surface area contributed by atoms with Crippen LogP contribution in [0.4, 0.5) is 24.0 Å². The highest BCUT2D eigenvalue weighted by molar-refractivity contribution is 5.99. The fourth-order valence-corrected chi connectivity index (χ4v) is 12.6. The van der Waals surface area contributed by atoms with E-state index in [9.17, 15) is 67.7 Å². The molecule has 0 radical (unpaired) electrons. The fraction of sp³-hybridized carbons (Fsp3) is 0.741. The molecule has 0 saturated carbocycles. The second-order valence-corrected chi connectivity index (χ2v) is 36.5. The van der Waals surface area contributed by atoms with Gasteiger partial charge in [-0.25, -0.2) is 24.0 Å². The van der Waals surface area contributed by atoms with Crippen LogP contribution in [-0.4, -0.2) is 227 Å². The molecule has 12 amide bonds. The Kier molecular flexibility index (Phi) is 46.2. The van der Waals surface area contributed by atoms with Gasteiger partial charge in [-0.3, -0.25) is 52.7 Å². The zero-order valence-electron chi connectivity index (χ0n) is 75.0. The molecule has 1 aliphatic heterocycles. The molecule has 0 aromatic heterocycles. The number of Topliss-reactive ketones (excluding diaryl/α,β-unsaturated/α-hetero) is 4. The molecule has 0 bridgehead atoms. The van der Waals surface area contributed by atoms with Crippen LogP contribution in [0.3, 0.4) is 0 Å². The molecule has 36 heteroatoms. The summed E-state index contributed by atoms with van der Waals surface area (Å²) < 4.78 is 27.1. The molecule has 36 nitrogen and oxygen atoms in total. The maximum atomic E-state index is 15.5. The Morgan fingerprint density at radius 2 is 0.901 bits per heavy atom. The molecule has 1 aliphatic rings. The SMILES string of the molecule is CCCCCCCC[C@H](N)C(=O)N[C@@H](CCNC(=O)OC(C)(C)C)C(=O)C[C@H](C(=O)N[C@@H](CNC(=O)OC(C)(C)C)C(=O)C[C@H]1CCNC(=O)[C@H]([C@@H](C)O)CC(=O)[C@H](CCNC(=O)OC(C)(C)C)NC(=O)[C@H](CCNC(=O)OC(C)(C)C)NC(=O)[C@H](CC(C)C)NC(=O)[C@@H](Cc2ccccc2)CC(=O)[C@H](CCNC(=O)OC(C)(C)C)NC1=O)[C@@H](C)O. The normalized spacial score (nSPS) is 20.1. The molecule has 13 atom stereocenters. The quantitative estimate of drug-likeness (QED) is 0.0267. The van der Waals surface area contributed by atoms with Gasteiger partial charge in [0.1, 0.15) is 46.1 Å². The van der Waals surface area contributed by atoms with Crippen LogP contribution in [0, 0.1) is 29.6 Å². The molecule has 16 N–H and O–H groups in total. The topological polar surface area (TPSA) is 530 Å². The zero-order valence-corrected chi connectivity index (χ0v) is 75.0. The van der Waals surface area contributed by atoms with E-state index in [1.54, 1.807) is 148 Å². The van der Waals surface area contributed by atoms with E-state index in [2.05, 4.69) is 70.7 Å². The van der Waals surface area contributed by atoms with Crippen molar-refractivity contribution in [2.75, 3.05) is 39.3 Å². The summed E-state index contributed by atoms with van der Waals surface area (Å²) in [5, 5.41) is 54.0. The lowest BCUT2D eigenvalue weighted by molar-refractivity contribution is -0.137. The molecule has 1 fully saturated rings. The molecular weight excluding hydrogens is 1570 g/mol. The van der Waals surface area contributed by atoms with Crippen molar-refractivity contribution in [3.63, 3.8) is 0 Å². The molecule has 1 aromatic carbocycles. The summed E-state index contributed by atoms with van der Waals surface area (Å²) in [6.45, 7) is 29.4. The highest BCUT2D eigenvalue weighted by Crippen LogP contribution is 2.23. The molecule has 686 valence electrons. The van der Waals surface area contributed by atoms with E-state index in [1.807, 2.05) is 0 Å². The van der Waals surface area contributed by atoms with E-state index < -0.39 is 253 Å². The maximum Gasteiger partial charge on any atom is 0.407 e. The number of aliphatic hydroxyl groups is 2. The van der Waals surface area contributed by atoms with E-state index in [0.717, 1.165) is 32.1 Å². The molecule has 0 unspecified atom stereocenters. The van der Waals surface area contributed by atoms with E-state index in [1.165, 1.54) is 13.8 Å². The van der Waals surface area contributed by atoms with E-state index in [0.29, 0.717) is 12.0 Å². The van der Waals surface area contributed by atoms with E-state index in [4.69, 9.17) is 29.4 Å². The number of hydrogen-bond acceptors (Lipinski definition) is 24. The van der Waals surface area contributed by atoms with Gasteiger partial charge < -0.3 is 103 Å². The number of alkyl carbamates (subject to hydrolysis) is 5. The van der Waals surface area contributed by atoms with Crippen LogP contribution in [0.25, 0.3) is 0 Å². The number of amides is 12. The van der Waals surface area contributed by atoms with Crippen LogP contribution in [-0.2, 0) is 82.8 Å². The number of carbonyl (C=O) groups is 16. The van der Waals surface area contributed by atoms with E-state index >= 15 is 19.2 Å². The minimum Gasteiger partial charge on any atom is -0.444 e. The Hall–Kier alpha value is -9.58. The standard InChI is InChI=1S/C85H143N13O23/c1-21-22-23-24-25-29-32-58(86)73(109)94-60(35-40-89-77(113)118-82(9,10)11)68(104)48-57(52(5)100)72(108)98-64(49-92-80(116)121-85(18,19)20)66(102)45-54-33-38-87-71(107)56(51(4)99)47-67(103)61(36-41-90-78(114)119-83(12,13)14)95-74(110)62(37-42-91-79(115)120-84(15,16)17)96-75(111)63(43-50(2)3)97-70(106)55(44-53-30-27-26-28-31-53)46-65(101)59(93-69(54)105)34-39-88-76(112)117-81(6,7)8/h26-28,30-31,50-52,54-64,99-100H,21-25,29,32-49,86H2,1-20H3,(H,87,107)(H,88,112)(H,89,113)(H,90,114)(H,91,115)(H,92,116)(H,93,105)(H,94,109)(H,95,110)(H,96,111)(H,97,106)(H,98,108)/t51-,52-,54-,55+,56+,57+,58+,59+,60+,61+,62+,63+,64+/m1/s1. The fourth-order valence-electron chi connectivity index (χ4n) is 12.6. The molecular formula is C85H143N13O23. The second-order valence-electron chi connectivity index (χ2n) is 36.5. The molecule has 1 saturated heterocycles. The molecule has 0 spiro atoms. The summed E-state index contributed by atoms with van der Waals surface area (Å²) in [7, 11) is 0. The third kappa shape index (κ3) is 46.9. The van der Waals surface area contributed by atoms with Crippen molar-refractivity contribution in [2.45, 2.75) is 337 Å². The number of nitrogens with one attached hydrogen (secondary N) is 12. The van der Waals surface area contributed by atoms with Gasteiger partial charge in [-0.2, -0.15) is 0 Å². The molecule has 0 aliphatic carbocycles. The Labute approximate surface area is 713 Å². The molecule has 2 rings (SSSR count). The second kappa shape index (κ2) is 52.0. The molecule has 121 heavy (non-hydrogen) atoms. The summed E-state index contributed by atoms with van der Waals surface area (Å²) >= 11 is 0. The third-order valence-corrected chi connectivity index (χ3v) is 18.7. The first-order valence-electron chi connectivity index (χ1n) is 42.3. The molecule has 1 aromatic rings. The van der Waals surface area contributed by atoms with Gasteiger partial charge in [0.25, 0.3) is 0 Å². The highest BCUT2D eigenvalue weighted by Gasteiger charge is 2.40. The van der Waals surface area contributed by atoms with Crippen molar-refractivity contribution in [3.8, 4) is 0 Å². The third-order valence-electron chi connectivity index (χ3n) is 18.7. The minimum atomic E-state index is -1.87. The first-order chi connectivity index (χ1) is 56.1. The van der Waals surface area contributed by atoms with Gasteiger partial charge in [-0.1, -0.05) is 89.6 Å². The van der Waals surface area contributed by atoms with Crippen LogP contribution >= 0.6 is 0 Å². The van der Waals surface area contributed by atoms with Crippen molar-refractivity contribution in [1.29, 1.82) is 0 Å². The lowest BCUT2D eigenvalue weighted by Gasteiger charge is -2.28. The van der Waals surface area contributed by atoms with Gasteiger partial charge in [0, 0.05) is 76.8 Å². The van der Waals surface area contributed by atoms with Crippen LogP contribution in [0.5, 0.6) is 0 Å².